The summed E-state index contributed by atoms with van der Waals surface area (Å²) in [5, 5.41) is 5.94. The van der Waals surface area contributed by atoms with E-state index < -0.39 is 10.8 Å². The van der Waals surface area contributed by atoms with Crippen LogP contribution in [0.15, 0.2) is 24.3 Å². The zero-order valence-electron chi connectivity index (χ0n) is 15.9. The number of amides is 2. The number of hydrogen-bond donors (Lipinski definition) is 3. The summed E-state index contributed by atoms with van der Waals surface area (Å²) < 4.78 is 11.5. The molecule has 3 N–H and O–H groups in total. The van der Waals surface area contributed by atoms with Gasteiger partial charge < -0.3 is 15.6 Å². The summed E-state index contributed by atoms with van der Waals surface area (Å²) in [7, 11) is -0.753. The first-order valence-corrected chi connectivity index (χ1v) is 10.9. The first-order chi connectivity index (χ1) is 13.4. The molecule has 2 aliphatic rings. The van der Waals surface area contributed by atoms with Gasteiger partial charge >= 0.3 is 0 Å². The lowest BCUT2D eigenvalue weighted by atomic mass is 10.0. The molecule has 0 radical (unpaired) electrons. The molecule has 4 rings (SSSR count). The second-order valence-electron chi connectivity index (χ2n) is 7.32. The van der Waals surface area contributed by atoms with E-state index in [1.54, 1.807) is 0 Å². The van der Waals surface area contributed by atoms with Crippen molar-refractivity contribution in [2.75, 3.05) is 16.8 Å². The van der Waals surface area contributed by atoms with E-state index in [-0.39, 0.29) is 17.9 Å². The lowest BCUT2D eigenvalue weighted by Gasteiger charge is -2.22. The van der Waals surface area contributed by atoms with Crippen molar-refractivity contribution in [2.45, 2.75) is 32.7 Å². The summed E-state index contributed by atoms with van der Waals surface area (Å²) in [4.78, 5) is 28.5. The van der Waals surface area contributed by atoms with Gasteiger partial charge in [0.15, 0.2) is 0 Å². The monoisotopic (exact) mass is 397 g/mol. The van der Waals surface area contributed by atoms with Gasteiger partial charge in [-0.25, -0.2) is 0 Å². The Bertz CT molecular complexity index is 1010. The minimum Gasteiger partial charge on any atom is -0.358 e. The van der Waals surface area contributed by atoms with Gasteiger partial charge in [0, 0.05) is 51.0 Å². The van der Waals surface area contributed by atoms with Crippen LogP contribution in [0, 0.1) is 13.8 Å². The van der Waals surface area contributed by atoms with Crippen LogP contribution < -0.4 is 10.6 Å². The third-order valence-corrected chi connectivity index (χ3v) is 6.81. The van der Waals surface area contributed by atoms with Crippen molar-refractivity contribution in [1.82, 2.24) is 10.3 Å². The predicted octanol–water partition coefficient (Wildman–Crippen LogP) is 2.77. The number of rotatable bonds is 3. The quantitative estimate of drug-likeness (QED) is 0.696. The molecule has 7 heteroatoms. The van der Waals surface area contributed by atoms with E-state index in [4.69, 9.17) is 0 Å². The Morgan fingerprint density at radius 2 is 1.93 bits per heavy atom. The highest BCUT2D eigenvalue weighted by Gasteiger charge is 2.26. The van der Waals surface area contributed by atoms with Crippen LogP contribution in [0.1, 0.15) is 45.7 Å². The van der Waals surface area contributed by atoms with Crippen molar-refractivity contribution in [3.8, 4) is 0 Å². The number of anilines is 1. The summed E-state index contributed by atoms with van der Waals surface area (Å²) >= 11 is 0. The van der Waals surface area contributed by atoms with Gasteiger partial charge in [0.05, 0.1) is 11.1 Å². The SMILES string of the molecule is Cc1[nH]c(/C=C2\C(=O)Nc3ccccc32)c(C)c1C(=O)NC1CCS(=O)CC1. The van der Waals surface area contributed by atoms with Crippen molar-refractivity contribution in [3.05, 3.63) is 52.3 Å². The van der Waals surface area contributed by atoms with Crippen LogP contribution in [0.4, 0.5) is 5.69 Å². The molecule has 0 bridgehead atoms. The molecule has 146 valence electrons. The van der Waals surface area contributed by atoms with E-state index in [0.717, 1.165) is 41.0 Å². The summed E-state index contributed by atoms with van der Waals surface area (Å²) in [6.45, 7) is 3.75. The molecular formula is C21H23N3O3S. The van der Waals surface area contributed by atoms with Gasteiger partial charge in [-0.05, 0) is 44.4 Å². The van der Waals surface area contributed by atoms with Crippen LogP contribution in [0.3, 0.4) is 0 Å². The number of benzene rings is 1. The Balaban J connectivity index is 1.60. The number of aryl methyl sites for hydroxylation is 1. The first kappa shape index (κ1) is 18.7. The van der Waals surface area contributed by atoms with Gasteiger partial charge in [-0.15, -0.1) is 0 Å². The van der Waals surface area contributed by atoms with Crippen molar-refractivity contribution >= 4 is 40.0 Å². The number of carbonyl (C=O) groups excluding carboxylic acids is 2. The zero-order valence-corrected chi connectivity index (χ0v) is 16.7. The third kappa shape index (κ3) is 3.42. The molecule has 1 aromatic heterocycles. The molecule has 2 aliphatic heterocycles. The van der Waals surface area contributed by atoms with E-state index in [1.165, 1.54) is 0 Å². The van der Waals surface area contributed by atoms with E-state index in [9.17, 15) is 13.8 Å². The zero-order chi connectivity index (χ0) is 19.8. The maximum absolute atomic E-state index is 12.8. The number of aromatic amines is 1. The summed E-state index contributed by atoms with van der Waals surface area (Å²) in [5.74, 6) is 1.02. The van der Waals surface area contributed by atoms with E-state index in [1.807, 2.05) is 44.2 Å². The smallest absolute Gasteiger partial charge is 0.256 e. The Labute approximate surface area is 166 Å². The molecule has 1 saturated heterocycles. The number of H-pyrrole nitrogens is 1. The molecule has 0 aliphatic carbocycles. The Kier molecular flexibility index (Phi) is 4.93. The highest BCUT2D eigenvalue weighted by atomic mass is 32.2. The summed E-state index contributed by atoms with van der Waals surface area (Å²) in [6, 6.07) is 7.63. The van der Waals surface area contributed by atoms with Gasteiger partial charge in [-0.2, -0.15) is 0 Å². The largest absolute Gasteiger partial charge is 0.358 e. The molecule has 1 aromatic carbocycles. The number of fused-ring (bicyclic) bond motifs is 1. The van der Waals surface area contributed by atoms with Crippen molar-refractivity contribution in [2.24, 2.45) is 0 Å². The lowest BCUT2D eigenvalue weighted by Crippen LogP contribution is -2.39. The highest BCUT2D eigenvalue weighted by Crippen LogP contribution is 2.33. The normalized spacial score (nSPS) is 22.8. The molecule has 0 atom stereocenters. The maximum atomic E-state index is 12.8. The van der Waals surface area contributed by atoms with Crippen molar-refractivity contribution in [1.29, 1.82) is 0 Å². The number of nitrogens with one attached hydrogen (secondary N) is 3. The Morgan fingerprint density at radius 1 is 1.21 bits per heavy atom. The molecule has 0 saturated carbocycles. The van der Waals surface area contributed by atoms with Crippen LogP contribution in [-0.2, 0) is 15.6 Å². The van der Waals surface area contributed by atoms with Crippen LogP contribution >= 0.6 is 0 Å². The predicted molar refractivity (Wildman–Crippen MR) is 112 cm³/mol. The molecule has 3 heterocycles. The third-order valence-electron chi connectivity index (χ3n) is 5.43. The first-order valence-electron chi connectivity index (χ1n) is 9.41. The molecule has 6 nitrogen and oxygen atoms in total. The van der Waals surface area contributed by atoms with Gasteiger partial charge in [0.25, 0.3) is 11.8 Å². The van der Waals surface area contributed by atoms with Crippen LogP contribution in [0.5, 0.6) is 0 Å². The van der Waals surface area contributed by atoms with E-state index >= 15 is 0 Å². The van der Waals surface area contributed by atoms with Gasteiger partial charge in [0.1, 0.15) is 0 Å². The second kappa shape index (κ2) is 7.39. The molecule has 1 fully saturated rings. The van der Waals surface area contributed by atoms with Crippen molar-refractivity contribution < 1.29 is 13.8 Å². The standard InChI is InChI=1S/C21H23N3O3S/c1-12-18(11-16-15-5-3-4-6-17(15)24-20(16)25)22-13(2)19(12)21(26)23-14-7-9-28(27)10-8-14/h3-6,11,14,22H,7-10H2,1-2H3,(H,23,26)(H,24,25)/b16-11-. The van der Waals surface area contributed by atoms with Crippen LogP contribution in [0.2, 0.25) is 0 Å². The number of para-hydroxylation sites is 1. The number of carbonyl (C=O) groups is 2. The maximum Gasteiger partial charge on any atom is 0.256 e. The van der Waals surface area contributed by atoms with Crippen LogP contribution in [0.25, 0.3) is 11.6 Å². The molecule has 28 heavy (non-hydrogen) atoms. The minimum absolute atomic E-state index is 0.0631. The summed E-state index contributed by atoms with van der Waals surface area (Å²) in [5.41, 5.74) is 5.21. The van der Waals surface area contributed by atoms with E-state index in [2.05, 4.69) is 15.6 Å². The fraction of sp³-hybridized carbons (Fsp3) is 0.333. The topological polar surface area (TPSA) is 91.1 Å². The fourth-order valence-electron chi connectivity index (χ4n) is 3.88. The fourth-order valence-corrected chi connectivity index (χ4v) is 5.18. The van der Waals surface area contributed by atoms with Crippen LogP contribution in [-0.4, -0.2) is 38.6 Å². The average molecular weight is 398 g/mol. The lowest BCUT2D eigenvalue weighted by molar-refractivity contribution is -0.110. The van der Waals surface area contributed by atoms with Gasteiger partial charge in [-0.1, -0.05) is 18.2 Å². The molecule has 2 amide bonds. The number of aromatic nitrogens is 1. The molecular weight excluding hydrogens is 374 g/mol. The Morgan fingerprint density at radius 3 is 2.68 bits per heavy atom. The Hall–Kier alpha value is -2.67. The van der Waals surface area contributed by atoms with Gasteiger partial charge in [-0.3, -0.25) is 13.8 Å². The molecule has 2 aromatic rings. The number of hydrogen-bond acceptors (Lipinski definition) is 3. The highest BCUT2D eigenvalue weighted by molar-refractivity contribution is 7.85. The second-order valence-corrected chi connectivity index (χ2v) is 9.01. The minimum atomic E-state index is -0.753. The molecule has 0 spiro atoms. The summed E-state index contributed by atoms with van der Waals surface area (Å²) in [6.07, 6.45) is 3.30. The van der Waals surface area contributed by atoms with Gasteiger partial charge in [0.2, 0.25) is 0 Å². The van der Waals surface area contributed by atoms with Crippen molar-refractivity contribution in [3.63, 3.8) is 0 Å². The van der Waals surface area contributed by atoms with E-state index in [0.29, 0.717) is 22.6 Å². The molecule has 0 unspecified atom stereocenters. The average Bonchev–Trinajstić information content (AvgIpc) is 3.13.